The van der Waals surface area contributed by atoms with Gasteiger partial charge in [0.2, 0.25) is 0 Å². The molecule has 6 nitrogen and oxygen atoms in total. The Morgan fingerprint density at radius 3 is 2.50 bits per heavy atom. The highest BCUT2D eigenvalue weighted by atomic mass is 16.5. The van der Waals surface area contributed by atoms with Crippen LogP contribution in [-0.2, 0) is 19.1 Å². The van der Waals surface area contributed by atoms with Crippen molar-refractivity contribution < 1.29 is 24.2 Å². The Hall–Kier alpha value is -1.40. The minimum absolute atomic E-state index is 0.215. The fraction of sp³-hybridized carbons (Fsp3) is 0.778. The van der Waals surface area contributed by atoms with Crippen LogP contribution in [0.5, 0.6) is 0 Å². The topological polar surface area (TPSA) is 76.1 Å². The normalized spacial score (nSPS) is 18.9. The molecule has 2 atom stereocenters. The van der Waals surface area contributed by atoms with Gasteiger partial charge in [0, 0.05) is 24.7 Å². The number of ether oxygens (including phenoxy) is 2. The molecule has 6 heteroatoms. The molecule has 0 aromatic carbocycles. The van der Waals surface area contributed by atoms with E-state index in [0.29, 0.717) is 6.42 Å². The fourth-order valence-corrected chi connectivity index (χ4v) is 2.55. The zero-order valence-corrected chi connectivity index (χ0v) is 15.1. The Balaban J connectivity index is 2.44. The first kappa shape index (κ1) is 20.6. The lowest BCUT2D eigenvalue weighted by atomic mass is 10.0. The summed E-state index contributed by atoms with van der Waals surface area (Å²) in [7, 11) is 0. The lowest BCUT2D eigenvalue weighted by molar-refractivity contribution is -0.146. The molecule has 1 rings (SSSR count). The molecule has 1 aliphatic rings. The molecule has 0 aromatic heterocycles. The standard InChI is InChI=1S/C18H31NO5/c1-4-14(2)15(3)24-18(22)16(13-17(20)21)7-5-6-8-19-9-11-23-12-10-19/h13-15H,4-12H2,1-3H3,(H,20,21)/b16-13+. The number of esters is 1. The highest BCUT2D eigenvalue weighted by molar-refractivity contribution is 5.95. The molecule has 1 N–H and O–H groups in total. The van der Waals surface area contributed by atoms with Crippen molar-refractivity contribution in [3.63, 3.8) is 0 Å². The number of carboxylic acid groups (broad SMARTS) is 1. The van der Waals surface area contributed by atoms with Crippen molar-refractivity contribution in [3.05, 3.63) is 11.6 Å². The van der Waals surface area contributed by atoms with Crippen molar-refractivity contribution >= 4 is 11.9 Å². The van der Waals surface area contributed by atoms with Crippen LogP contribution in [0, 0.1) is 5.92 Å². The van der Waals surface area contributed by atoms with Crippen LogP contribution in [0.1, 0.15) is 46.5 Å². The third kappa shape index (κ3) is 7.93. The van der Waals surface area contributed by atoms with Gasteiger partial charge in [-0.3, -0.25) is 4.90 Å². The average molecular weight is 341 g/mol. The average Bonchev–Trinajstić information content (AvgIpc) is 2.57. The van der Waals surface area contributed by atoms with E-state index in [2.05, 4.69) is 4.90 Å². The van der Waals surface area contributed by atoms with Gasteiger partial charge in [-0.05, 0) is 38.6 Å². The minimum atomic E-state index is -1.11. The summed E-state index contributed by atoms with van der Waals surface area (Å²) in [6, 6.07) is 0. The second-order valence-electron chi connectivity index (χ2n) is 6.41. The fourth-order valence-electron chi connectivity index (χ4n) is 2.55. The van der Waals surface area contributed by atoms with Crippen molar-refractivity contribution in [2.24, 2.45) is 5.92 Å². The van der Waals surface area contributed by atoms with E-state index < -0.39 is 11.9 Å². The quantitative estimate of drug-likeness (QED) is 0.374. The van der Waals surface area contributed by atoms with E-state index in [1.165, 1.54) is 0 Å². The molecule has 0 radical (unpaired) electrons. The lowest BCUT2D eigenvalue weighted by Gasteiger charge is -2.26. The highest BCUT2D eigenvalue weighted by Crippen LogP contribution is 2.16. The maximum Gasteiger partial charge on any atom is 0.334 e. The number of carbonyl (C=O) groups is 2. The van der Waals surface area contributed by atoms with Gasteiger partial charge < -0.3 is 14.6 Å². The number of unbranched alkanes of at least 4 members (excludes halogenated alkanes) is 1. The summed E-state index contributed by atoms with van der Waals surface area (Å²) in [4.78, 5) is 25.5. The Kier molecular flexibility index (Phi) is 9.64. The van der Waals surface area contributed by atoms with Crippen molar-refractivity contribution in [1.82, 2.24) is 4.90 Å². The molecule has 1 heterocycles. The zero-order chi connectivity index (χ0) is 17.9. The maximum atomic E-state index is 12.2. The second kappa shape index (κ2) is 11.2. The van der Waals surface area contributed by atoms with Gasteiger partial charge in [-0.2, -0.15) is 0 Å². The molecular weight excluding hydrogens is 310 g/mol. The largest absolute Gasteiger partial charge is 0.478 e. The zero-order valence-electron chi connectivity index (χ0n) is 15.1. The first-order valence-electron chi connectivity index (χ1n) is 8.88. The van der Waals surface area contributed by atoms with Crippen LogP contribution < -0.4 is 0 Å². The maximum absolute atomic E-state index is 12.2. The van der Waals surface area contributed by atoms with Gasteiger partial charge >= 0.3 is 11.9 Å². The van der Waals surface area contributed by atoms with Crippen molar-refractivity contribution in [1.29, 1.82) is 0 Å². The summed E-state index contributed by atoms with van der Waals surface area (Å²) < 4.78 is 10.7. The summed E-state index contributed by atoms with van der Waals surface area (Å²) in [5.41, 5.74) is 0.250. The third-order valence-corrected chi connectivity index (χ3v) is 4.57. The van der Waals surface area contributed by atoms with Crippen molar-refractivity contribution in [3.8, 4) is 0 Å². The molecule has 0 aromatic rings. The van der Waals surface area contributed by atoms with Gasteiger partial charge in [-0.25, -0.2) is 9.59 Å². The molecule has 24 heavy (non-hydrogen) atoms. The Morgan fingerprint density at radius 2 is 1.92 bits per heavy atom. The van der Waals surface area contributed by atoms with Gasteiger partial charge in [0.15, 0.2) is 0 Å². The number of aliphatic carboxylic acids is 1. The van der Waals surface area contributed by atoms with Gasteiger partial charge in [-0.15, -0.1) is 0 Å². The van der Waals surface area contributed by atoms with Crippen LogP contribution >= 0.6 is 0 Å². The summed E-state index contributed by atoms with van der Waals surface area (Å²) >= 11 is 0. The number of carbonyl (C=O) groups excluding carboxylic acids is 1. The summed E-state index contributed by atoms with van der Waals surface area (Å²) in [6.45, 7) is 10.3. The molecular formula is C18H31NO5. The third-order valence-electron chi connectivity index (χ3n) is 4.57. The van der Waals surface area contributed by atoms with E-state index in [-0.39, 0.29) is 17.6 Å². The molecule has 0 aliphatic carbocycles. The predicted molar refractivity (Wildman–Crippen MR) is 91.8 cm³/mol. The number of morpholine rings is 1. The molecule has 0 amide bonds. The Labute approximate surface area is 144 Å². The first-order chi connectivity index (χ1) is 11.4. The molecule has 1 aliphatic heterocycles. The molecule has 0 saturated carbocycles. The summed E-state index contributed by atoms with van der Waals surface area (Å²) in [6.07, 6.45) is 3.80. The highest BCUT2D eigenvalue weighted by Gasteiger charge is 2.19. The van der Waals surface area contributed by atoms with Crippen molar-refractivity contribution in [2.45, 2.75) is 52.6 Å². The van der Waals surface area contributed by atoms with E-state index in [1.807, 2.05) is 20.8 Å². The predicted octanol–water partition coefficient (Wildman–Crippen LogP) is 2.48. The van der Waals surface area contributed by atoms with Crippen LogP contribution in [0.2, 0.25) is 0 Å². The number of hydrogen-bond donors (Lipinski definition) is 1. The number of carboxylic acids is 1. The minimum Gasteiger partial charge on any atom is -0.478 e. The van der Waals surface area contributed by atoms with E-state index in [0.717, 1.165) is 58.2 Å². The number of hydrogen-bond acceptors (Lipinski definition) is 5. The van der Waals surface area contributed by atoms with Gasteiger partial charge in [0.1, 0.15) is 6.10 Å². The van der Waals surface area contributed by atoms with E-state index in [9.17, 15) is 9.59 Å². The van der Waals surface area contributed by atoms with Crippen molar-refractivity contribution in [2.75, 3.05) is 32.8 Å². The van der Waals surface area contributed by atoms with E-state index in [1.54, 1.807) is 0 Å². The van der Waals surface area contributed by atoms with Crippen LogP contribution in [0.25, 0.3) is 0 Å². The molecule has 0 bridgehead atoms. The van der Waals surface area contributed by atoms with Gasteiger partial charge in [0.05, 0.1) is 13.2 Å². The lowest BCUT2D eigenvalue weighted by Crippen LogP contribution is -2.36. The molecule has 0 spiro atoms. The van der Waals surface area contributed by atoms with Gasteiger partial charge in [-0.1, -0.05) is 20.3 Å². The van der Waals surface area contributed by atoms with Crippen LogP contribution in [-0.4, -0.2) is 60.9 Å². The smallest absolute Gasteiger partial charge is 0.334 e. The Bertz CT molecular complexity index is 429. The molecule has 2 unspecified atom stereocenters. The van der Waals surface area contributed by atoms with Crippen LogP contribution in [0.4, 0.5) is 0 Å². The van der Waals surface area contributed by atoms with Crippen LogP contribution in [0.15, 0.2) is 11.6 Å². The molecule has 138 valence electrons. The number of nitrogens with zero attached hydrogens (tertiary/aromatic N) is 1. The Morgan fingerprint density at radius 1 is 1.25 bits per heavy atom. The van der Waals surface area contributed by atoms with E-state index >= 15 is 0 Å². The van der Waals surface area contributed by atoms with Crippen LogP contribution in [0.3, 0.4) is 0 Å². The van der Waals surface area contributed by atoms with E-state index in [4.69, 9.17) is 14.6 Å². The molecule has 1 fully saturated rings. The summed E-state index contributed by atoms with van der Waals surface area (Å²) in [5, 5.41) is 8.98. The molecule has 1 saturated heterocycles. The first-order valence-corrected chi connectivity index (χ1v) is 8.88. The number of rotatable bonds is 10. The monoisotopic (exact) mass is 341 g/mol. The van der Waals surface area contributed by atoms with Gasteiger partial charge in [0.25, 0.3) is 0 Å². The summed E-state index contributed by atoms with van der Waals surface area (Å²) in [5.74, 6) is -1.36. The second-order valence-corrected chi connectivity index (χ2v) is 6.41. The SMILES string of the molecule is CCC(C)C(C)OC(=O)/C(=C/C(=O)O)CCCCN1CCOCC1.